The third kappa shape index (κ3) is 5.05. The second-order valence-corrected chi connectivity index (χ2v) is 16.0. The highest BCUT2D eigenvalue weighted by atomic mass is 16.7. The van der Waals surface area contributed by atoms with Gasteiger partial charge in [0.1, 0.15) is 6.42 Å². The molecule has 7 rings (SSSR count). The molecule has 7 heteroatoms. The minimum atomic E-state index is -0.334. The van der Waals surface area contributed by atoms with Crippen molar-refractivity contribution in [1.82, 2.24) is 15.6 Å². The Kier molecular flexibility index (Phi) is 7.68. The van der Waals surface area contributed by atoms with Gasteiger partial charge in [0.2, 0.25) is 11.8 Å². The van der Waals surface area contributed by atoms with E-state index in [1.165, 1.54) is 44.9 Å². The molecular weight excluding hydrogens is 538 g/mol. The van der Waals surface area contributed by atoms with Crippen LogP contribution in [0.2, 0.25) is 0 Å². The first-order valence-electron chi connectivity index (χ1n) is 17.4. The first kappa shape index (κ1) is 29.7. The molecule has 1 spiro atoms. The van der Waals surface area contributed by atoms with Crippen molar-refractivity contribution in [3.8, 4) is 0 Å². The Morgan fingerprint density at radius 3 is 2.58 bits per heavy atom. The van der Waals surface area contributed by atoms with E-state index in [-0.39, 0.29) is 30.1 Å². The Labute approximate surface area is 258 Å². The normalized spacial score (nSPS) is 46.7. The van der Waals surface area contributed by atoms with Crippen molar-refractivity contribution in [2.24, 2.45) is 52.3 Å². The maximum Gasteiger partial charge on any atom is 0.229 e. The molecule has 236 valence electrons. The smallest absolute Gasteiger partial charge is 0.229 e. The second kappa shape index (κ2) is 11.1. The molecule has 2 amide bonds. The molecule has 0 bridgehead atoms. The van der Waals surface area contributed by atoms with Crippen molar-refractivity contribution in [3.63, 3.8) is 0 Å². The molecular formula is C36H53N3O4. The van der Waals surface area contributed by atoms with Crippen LogP contribution in [0.4, 0.5) is 0 Å². The minimum absolute atomic E-state index is 0.113. The molecule has 3 heterocycles. The predicted molar refractivity (Wildman–Crippen MR) is 164 cm³/mol. The summed E-state index contributed by atoms with van der Waals surface area (Å²) < 4.78 is 13.5. The summed E-state index contributed by atoms with van der Waals surface area (Å²) in [5, 5.41) is 6.09. The minimum Gasteiger partial charge on any atom is -0.353 e. The zero-order valence-corrected chi connectivity index (χ0v) is 26.8. The summed E-state index contributed by atoms with van der Waals surface area (Å²) in [4.78, 5) is 29.3. The van der Waals surface area contributed by atoms with E-state index in [9.17, 15) is 9.59 Å². The zero-order chi connectivity index (χ0) is 30.0. The lowest BCUT2D eigenvalue weighted by Crippen LogP contribution is -2.56. The molecule has 7 nitrogen and oxygen atoms in total. The summed E-state index contributed by atoms with van der Waals surface area (Å²) in [6.45, 7) is 11.2. The molecule has 2 saturated heterocycles. The quantitative estimate of drug-likeness (QED) is 0.409. The molecule has 43 heavy (non-hydrogen) atoms. The third-order valence-corrected chi connectivity index (χ3v) is 13.8. The molecule has 2 aliphatic heterocycles. The van der Waals surface area contributed by atoms with Gasteiger partial charge in [-0.2, -0.15) is 0 Å². The molecule has 1 aromatic rings. The highest BCUT2D eigenvalue weighted by Gasteiger charge is 2.69. The zero-order valence-electron chi connectivity index (χ0n) is 26.8. The lowest BCUT2D eigenvalue weighted by atomic mass is 9.44. The van der Waals surface area contributed by atoms with Crippen molar-refractivity contribution >= 4 is 11.8 Å². The van der Waals surface area contributed by atoms with Gasteiger partial charge in [-0.25, -0.2) is 0 Å². The largest absolute Gasteiger partial charge is 0.353 e. The van der Waals surface area contributed by atoms with Crippen LogP contribution < -0.4 is 10.6 Å². The fourth-order valence-electron chi connectivity index (χ4n) is 11.6. The van der Waals surface area contributed by atoms with Gasteiger partial charge in [0.05, 0.1) is 12.7 Å². The van der Waals surface area contributed by atoms with Gasteiger partial charge >= 0.3 is 0 Å². The van der Waals surface area contributed by atoms with Gasteiger partial charge in [-0.15, -0.1) is 0 Å². The number of carbonyl (C=O) groups excluding carboxylic acids is 2. The number of hydrogen-bond acceptors (Lipinski definition) is 5. The molecule has 1 aromatic heterocycles. The van der Waals surface area contributed by atoms with E-state index in [4.69, 9.17) is 9.47 Å². The Bertz CT molecular complexity index is 1200. The molecule has 0 radical (unpaired) electrons. The topological polar surface area (TPSA) is 89.5 Å². The van der Waals surface area contributed by atoms with Crippen LogP contribution in [0.15, 0.2) is 24.5 Å². The molecule has 6 aliphatic rings. The summed E-state index contributed by atoms with van der Waals surface area (Å²) in [6.07, 6.45) is 15.7. The van der Waals surface area contributed by atoms with Gasteiger partial charge in [-0.3, -0.25) is 14.6 Å². The molecule has 4 saturated carbocycles. The second-order valence-electron chi connectivity index (χ2n) is 16.0. The van der Waals surface area contributed by atoms with E-state index in [0.717, 1.165) is 49.2 Å². The highest BCUT2D eigenvalue weighted by Crippen LogP contribution is 2.71. The third-order valence-electron chi connectivity index (χ3n) is 13.8. The average molecular weight is 592 g/mol. The van der Waals surface area contributed by atoms with Crippen LogP contribution in [0.3, 0.4) is 0 Å². The van der Waals surface area contributed by atoms with Gasteiger partial charge in [-0.05, 0) is 116 Å². The summed E-state index contributed by atoms with van der Waals surface area (Å²) in [6, 6.07) is 3.94. The lowest BCUT2D eigenvalue weighted by Gasteiger charge is -2.61. The number of amides is 2. The van der Waals surface area contributed by atoms with Crippen LogP contribution in [-0.2, 0) is 25.6 Å². The highest BCUT2D eigenvalue weighted by molar-refractivity contribution is 5.96. The van der Waals surface area contributed by atoms with Crippen molar-refractivity contribution in [1.29, 1.82) is 0 Å². The summed E-state index contributed by atoms with van der Waals surface area (Å²) in [5.74, 6) is 3.97. The van der Waals surface area contributed by atoms with Crippen LogP contribution in [-0.4, -0.2) is 41.3 Å². The molecule has 2 N–H and O–H groups in total. The molecule has 4 aliphatic carbocycles. The summed E-state index contributed by atoms with van der Waals surface area (Å²) in [7, 11) is 0. The van der Waals surface area contributed by atoms with E-state index < -0.39 is 0 Å². The van der Waals surface area contributed by atoms with E-state index >= 15 is 0 Å². The maximum atomic E-state index is 12.8. The first-order chi connectivity index (χ1) is 20.6. The van der Waals surface area contributed by atoms with E-state index in [0.29, 0.717) is 47.2 Å². The number of nitrogens with zero attached hydrogens (tertiary/aromatic N) is 1. The van der Waals surface area contributed by atoms with Gasteiger partial charge in [0.25, 0.3) is 0 Å². The van der Waals surface area contributed by atoms with Gasteiger partial charge < -0.3 is 20.1 Å². The summed E-state index contributed by atoms with van der Waals surface area (Å²) in [5.41, 5.74) is 1.63. The monoisotopic (exact) mass is 591 g/mol. The predicted octanol–water partition coefficient (Wildman–Crippen LogP) is 6.02. The number of ether oxygens (including phenoxy) is 2. The number of hydrogen-bond donors (Lipinski definition) is 2. The fraction of sp³-hybridized carbons (Fsp3) is 0.806. The van der Waals surface area contributed by atoms with E-state index in [1.807, 2.05) is 12.1 Å². The Balaban J connectivity index is 0.952. The first-order valence-corrected chi connectivity index (χ1v) is 17.4. The van der Waals surface area contributed by atoms with Crippen LogP contribution in [0.25, 0.3) is 0 Å². The molecule has 12 atom stereocenters. The van der Waals surface area contributed by atoms with Crippen molar-refractivity contribution in [3.05, 3.63) is 30.1 Å². The van der Waals surface area contributed by atoms with E-state index in [2.05, 4.69) is 43.3 Å². The van der Waals surface area contributed by atoms with Crippen molar-refractivity contribution in [2.75, 3.05) is 6.61 Å². The van der Waals surface area contributed by atoms with Crippen LogP contribution in [0.1, 0.15) is 104 Å². The number of fused-ring (bicyclic) bond motifs is 7. The Morgan fingerprint density at radius 1 is 0.977 bits per heavy atom. The van der Waals surface area contributed by atoms with Gasteiger partial charge in [-0.1, -0.05) is 33.8 Å². The molecule has 0 unspecified atom stereocenters. The lowest BCUT2D eigenvalue weighted by molar-refractivity contribution is -0.273. The number of pyridine rings is 1. The standard InChI is InChI=1S/C36H53N3O4/c1-22-9-14-36(42-21-22)23(2)33-30(43-36)17-29-27-8-7-25-16-26(10-12-34(25,3)28(27)11-13-35(29,33)4)39-32(41)18-31(40)38-20-24-6-5-15-37-19-24/h5-6,15,19,22-23,25-30,33H,7-14,16-18,20-21H2,1-4H3,(H,38,40)(H,39,41)/t22-,23+,25-,26+,27-,28+,29+,30+,33+,34+,35+,36-/m1/s1. The average Bonchev–Trinajstić information content (AvgIpc) is 3.44. The molecule has 0 aromatic carbocycles. The maximum absolute atomic E-state index is 12.8. The van der Waals surface area contributed by atoms with Crippen LogP contribution in [0.5, 0.6) is 0 Å². The van der Waals surface area contributed by atoms with Crippen molar-refractivity contribution < 1.29 is 19.1 Å². The van der Waals surface area contributed by atoms with E-state index in [1.54, 1.807) is 12.4 Å². The number of carbonyl (C=O) groups is 2. The molecule has 6 fully saturated rings. The van der Waals surface area contributed by atoms with Crippen molar-refractivity contribution in [2.45, 2.75) is 123 Å². The number of nitrogens with one attached hydrogen (secondary N) is 2. The fourth-order valence-corrected chi connectivity index (χ4v) is 11.6. The van der Waals surface area contributed by atoms with Crippen LogP contribution >= 0.6 is 0 Å². The Hall–Kier alpha value is -1.99. The number of aromatic nitrogens is 1. The van der Waals surface area contributed by atoms with Gasteiger partial charge in [0.15, 0.2) is 5.79 Å². The van der Waals surface area contributed by atoms with Gasteiger partial charge in [0, 0.05) is 37.3 Å². The summed E-state index contributed by atoms with van der Waals surface area (Å²) >= 11 is 0. The Morgan fingerprint density at radius 2 is 1.81 bits per heavy atom. The SMILES string of the molecule is C[C@@H]1CC[C@@]2(OC1)O[C@H]1C[C@H]3[C@@H]4CC[C@@H]5C[C@@H](NC(=O)CC(=O)NCc6cccnc6)CC[C@]5(C)[C@H]4CC[C@]3(C)[C@H]1[C@@H]2C. The number of rotatable bonds is 5. The van der Waals surface area contributed by atoms with Crippen LogP contribution in [0, 0.1) is 52.3 Å².